The third-order valence-corrected chi connectivity index (χ3v) is 3.42. The molecule has 1 amide bonds. The van der Waals surface area contributed by atoms with Crippen molar-refractivity contribution < 1.29 is 4.79 Å². The van der Waals surface area contributed by atoms with Gasteiger partial charge < -0.3 is 10.2 Å². The fraction of sp³-hybridized carbons (Fsp3) is 0.923. The quantitative estimate of drug-likeness (QED) is 0.750. The molecular weight excluding hydrogens is 200 g/mol. The number of amides is 1. The molecule has 94 valence electrons. The van der Waals surface area contributed by atoms with Crippen molar-refractivity contribution in [2.24, 2.45) is 11.8 Å². The van der Waals surface area contributed by atoms with Gasteiger partial charge in [0.05, 0.1) is 0 Å². The van der Waals surface area contributed by atoms with Gasteiger partial charge in [0, 0.05) is 25.6 Å². The fourth-order valence-electron chi connectivity index (χ4n) is 2.21. The maximum atomic E-state index is 11.8. The minimum atomic E-state index is 0.337. The Kier molecular flexibility index (Phi) is 5.26. The highest BCUT2D eigenvalue weighted by Gasteiger charge is 2.31. The van der Waals surface area contributed by atoms with E-state index in [4.69, 9.17) is 0 Å². The maximum Gasteiger partial charge on any atom is 0.222 e. The van der Waals surface area contributed by atoms with Crippen LogP contribution in [0.1, 0.15) is 40.5 Å². The molecule has 0 spiro atoms. The average Bonchev–Trinajstić information content (AvgIpc) is 2.57. The van der Waals surface area contributed by atoms with Gasteiger partial charge in [0.1, 0.15) is 0 Å². The molecule has 3 nitrogen and oxygen atoms in total. The Bertz CT molecular complexity index is 228. The molecular formula is C13H26N2O. The number of nitrogens with one attached hydrogen (secondary N) is 1. The zero-order chi connectivity index (χ0) is 12.1. The summed E-state index contributed by atoms with van der Waals surface area (Å²) >= 11 is 0. The van der Waals surface area contributed by atoms with Crippen LogP contribution in [0.4, 0.5) is 0 Å². The van der Waals surface area contributed by atoms with Crippen LogP contribution in [0.3, 0.4) is 0 Å². The third kappa shape index (κ3) is 3.78. The van der Waals surface area contributed by atoms with Crippen LogP contribution >= 0.6 is 0 Å². The van der Waals surface area contributed by atoms with Crippen molar-refractivity contribution in [3.8, 4) is 0 Å². The summed E-state index contributed by atoms with van der Waals surface area (Å²) in [5, 5.41) is 3.43. The smallest absolute Gasteiger partial charge is 0.222 e. The lowest BCUT2D eigenvalue weighted by Crippen LogP contribution is -2.40. The van der Waals surface area contributed by atoms with E-state index in [2.05, 4.69) is 33.0 Å². The Hall–Kier alpha value is -0.570. The van der Waals surface area contributed by atoms with E-state index in [0.29, 0.717) is 23.8 Å². The molecule has 0 bridgehead atoms. The minimum Gasteiger partial charge on any atom is -0.341 e. The van der Waals surface area contributed by atoms with E-state index in [9.17, 15) is 4.79 Å². The molecule has 0 aliphatic carbocycles. The van der Waals surface area contributed by atoms with Gasteiger partial charge in [-0.1, -0.05) is 20.8 Å². The molecule has 1 saturated heterocycles. The van der Waals surface area contributed by atoms with Gasteiger partial charge in [0.25, 0.3) is 0 Å². The van der Waals surface area contributed by atoms with Crippen molar-refractivity contribution in [3.63, 3.8) is 0 Å². The molecule has 1 aliphatic heterocycles. The first-order valence-electron chi connectivity index (χ1n) is 6.55. The van der Waals surface area contributed by atoms with E-state index in [0.717, 1.165) is 32.5 Å². The van der Waals surface area contributed by atoms with E-state index >= 15 is 0 Å². The molecule has 0 aromatic carbocycles. The van der Waals surface area contributed by atoms with Crippen LogP contribution in [0.2, 0.25) is 0 Å². The Labute approximate surface area is 99.6 Å². The first-order chi connectivity index (χ1) is 7.54. The molecule has 0 aromatic heterocycles. The van der Waals surface area contributed by atoms with Crippen molar-refractivity contribution in [2.45, 2.75) is 46.6 Å². The second kappa shape index (κ2) is 6.24. The molecule has 16 heavy (non-hydrogen) atoms. The number of hydrogen-bond acceptors (Lipinski definition) is 2. The Morgan fingerprint density at radius 1 is 1.44 bits per heavy atom. The van der Waals surface area contributed by atoms with Crippen LogP contribution in [0, 0.1) is 11.8 Å². The van der Waals surface area contributed by atoms with Gasteiger partial charge in [-0.2, -0.15) is 0 Å². The van der Waals surface area contributed by atoms with E-state index in [-0.39, 0.29) is 0 Å². The van der Waals surface area contributed by atoms with Crippen molar-refractivity contribution in [1.82, 2.24) is 10.2 Å². The summed E-state index contributed by atoms with van der Waals surface area (Å²) in [5.41, 5.74) is 0. The summed E-state index contributed by atoms with van der Waals surface area (Å²) in [7, 11) is 0. The molecule has 1 fully saturated rings. The van der Waals surface area contributed by atoms with Crippen molar-refractivity contribution in [2.75, 3.05) is 19.6 Å². The van der Waals surface area contributed by atoms with Crippen LogP contribution in [0.15, 0.2) is 0 Å². The Morgan fingerprint density at radius 2 is 2.12 bits per heavy atom. The topological polar surface area (TPSA) is 32.3 Å². The molecule has 0 aromatic rings. The zero-order valence-corrected chi connectivity index (χ0v) is 11.1. The molecule has 1 aliphatic rings. The first kappa shape index (κ1) is 13.5. The van der Waals surface area contributed by atoms with Crippen LogP contribution in [0.5, 0.6) is 0 Å². The predicted octanol–water partition coefficient (Wildman–Crippen LogP) is 1.88. The molecule has 2 atom stereocenters. The van der Waals surface area contributed by atoms with Crippen molar-refractivity contribution >= 4 is 5.91 Å². The number of carbonyl (C=O) groups excluding carboxylic acids is 1. The van der Waals surface area contributed by atoms with Crippen LogP contribution < -0.4 is 5.32 Å². The molecule has 0 saturated carbocycles. The predicted molar refractivity (Wildman–Crippen MR) is 67.3 cm³/mol. The molecule has 1 heterocycles. The second-order valence-electron chi connectivity index (χ2n) is 5.36. The highest BCUT2D eigenvalue weighted by molar-refractivity contribution is 5.78. The van der Waals surface area contributed by atoms with E-state index in [1.54, 1.807) is 0 Å². The number of likely N-dealkylation sites (tertiary alicyclic amines) is 1. The molecule has 1 N–H and O–H groups in total. The number of hydrogen-bond donors (Lipinski definition) is 1. The lowest BCUT2D eigenvalue weighted by Gasteiger charge is -2.22. The summed E-state index contributed by atoms with van der Waals surface area (Å²) < 4.78 is 0. The summed E-state index contributed by atoms with van der Waals surface area (Å²) in [4.78, 5) is 13.8. The molecule has 2 unspecified atom stereocenters. The van der Waals surface area contributed by atoms with E-state index < -0.39 is 0 Å². The first-order valence-corrected chi connectivity index (χ1v) is 6.55. The highest BCUT2D eigenvalue weighted by Crippen LogP contribution is 2.24. The summed E-state index contributed by atoms with van der Waals surface area (Å²) in [6, 6.07) is 0.412. The summed E-state index contributed by atoms with van der Waals surface area (Å²) in [5.74, 6) is 1.52. The SMILES string of the molecule is CCCNC(C)CN1CC(C(C)C)CC1=O. The lowest BCUT2D eigenvalue weighted by atomic mass is 9.95. The van der Waals surface area contributed by atoms with Crippen molar-refractivity contribution in [3.05, 3.63) is 0 Å². The Balaban J connectivity index is 2.35. The summed E-state index contributed by atoms with van der Waals surface area (Å²) in [6.45, 7) is 11.6. The fourth-order valence-corrected chi connectivity index (χ4v) is 2.21. The normalized spacial score (nSPS) is 23.2. The van der Waals surface area contributed by atoms with Gasteiger partial charge in [-0.3, -0.25) is 4.79 Å². The van der Waals surface area contributed by atoms with Crippen LogP contribution in [-0.2, 0) is 4.79 Å². The monoisotopic (exact) mass is 226 g/mol. The average molecular weight is 226 g/mol. The van der Waals surface area contributed by atoms with Gasteiger partial charge in [0.2, 0.25) is 5.91 Å². The van der Waals surface area contributed by atoms with Gasteiger partial charge in [0.15, 0.2) is 0 Å². The standard InChI is InChI=1S/C13H26N2O/c1-5-6-14-11(4)8-15-9-12(10(2)3)7-13(15)16/h10-12,14H,5-9H2,1-4H3. The van der Waals surface area contributed by atoms with Crippen LogP contribution in [-0.4, -0.2) is 36.5 Å². The van der Waals surface area contributed by atoms with Crippen LogP contribution in [0.25, 0.3) is 0 Å². The van der Waals surface area contributed by atoms with Gasteiger partial charge >= 0.3 is 0 Å². The lowest BCUT2D eigenvalue weighted by molar-refractivity contribution is -0.128. The van der Waals surface area contributed by atoms with Gasteiger partial charge in [-0.05, 0) is 31.7 Å². The second-order valence-corrected chi connectivity index (χ2v) is 5.36. The number of rotatable bonds is 6. The molecule has 1 rings (SSSR count). The third-order valence-electron chi connectivity index (χ3n) is 3.42. The summed E-state index contributed by atoms with van der Waals surface area (Å²) in [6.07, 6.45) is 1.89. The van der Waals surface area contributed by atoms with E-state index in [1.807, 2.05) is 4.90 Å². The van der Waals surface area contributed by atoms with Gasteiger partial charge in [-0.25, -0.2) is 0 Å². The maximum absolute atomic E-state index is 11.8. The molecule has 3 heteroatoms. The van der Waals surface area contributed by atoms with E-state index in [1.165, 1.54) is 0 Å². The zero-order valence-electron chi connectivity index (χ0n) is 11.1. The van der Waals surface area contributed by atoms with Crippen molar-refractivity contribution in [1.29, 1.82) is 0 Å². The number of nitrogens with zero attached hydrogens (tertiary/aromatic N) is 1. The number of carbonyl (C=O) groups is 1. The van der Waals surface area contributed by atoms with Gasteiger partial charge in [-0.15, -0.1) is 0 Å². The Morgan fingerprint density at radius 3 is 2.62 bits per heavy atom. The minimum absolute atomic E-state index is 0.337. The molecule has 0 radical (unpaired) electrons. The largest absolute Gasteiger partial charge is 0.341 e. The highest BCUT2D eigenvalue weighted by atomic mass is 16.2.